The fourth-order valence-corrected chi connectivity index (χ4v) is 3.18. The molecular weight excluding hydrogens is 328 g/mol. The standard InChI is InChI=1S/C20H20N4O2/c1-13-9-14(2)24(23-13)19-8-7-16(11-21-19)20(25)22-12-17-10-15-5-3-4-6-18(15)26-17/h3-9,11,17H,10,12H2,1-2H3,(H,22,25). The van der Waals surface area contributed by atoms with Crippen LogP contribution in [-0.4, -0.2) is 33.3 Å². The smallest absolute Gasteiger partial charge is 0.252 e. The quantitative estimate of drug-likeness (QED) is 0.787. The molecule has 1 amide bonds. The fraction of sp³-hybridized carbons (Fsp3) is 0.250. The van der Waals surface area contributed by atoms with Crippen molar-refractivity contribution in [3.05, 3.63) is 71.2 Å². The van der Waals surface area contributed by atoms with Gasteiger partial charge in [-0.1, -0.05) is 18.2 Å². The summed E-state index contributed by atoms with van der Waals surface area (Å²) in [5, 5.41) is 7.32. The van der Waals surface area contributed by atoms with Gasteiger partial charge in [-0.2, -0.15) is 5.10 Å². The second kappa shape index (κ2) is 6.63. The molecule has 0 bridgehead atoms. The molecule has 4 rings (SSSR count). The summed E-state index contributed by atoms with van der Waals surface area (Å²) in [7, 11) is 0. The average Bonchev–Trinajstić information content (AvgIpc) is 3.22. The highest BCUT2D eigenvalue weighted by molar-refractivity contribution is 5.93. The number of carbonyl (C=O) groups excluding carboxylic acids is 1. The van der Waals surface area contributed by atoms with Crippen LogP contribution < -0.4 is 10.1 Å². The Balaban J connectivity index is 1.38. The molecule has 2 aromatic heterocycles. The van der Waals surface area contributed by atoms with Gasteiger partial charge in [0.05, 0.1) is 17.8 Å². The average molecular weight is 348 g/mol. The largest absolute Gasteiger partial charge is 0.488 e. The van der Waals surface area contributed by atoms with Crippen molar-refractivity contribution in [3.8, 4) is 11.6 Å². The summed E-state index contributed by atoms with van der Waals surface area (Å²) in [6, 6.07) is 13.5. The molecule has 1 aliphatic rings. The summed E-state index contributed by atoms with van der Waals surface area (Å²) in [6.07, 6.45) is 2.36. The number of ether oxygens (including phenoxy) is 1. The molecule has 6 nitrogen and oxygen atoms in total. The molecule has 1 atom stereocenters. The predicted octanol–water partition coefficient (Wildman–Crippen LogP) is 2.62. The van der Waals surface area contributed by atoms with E-state index in [-0.39, 0.29) is 12.0 Å². The molecule has 0 spiro atoms. The zero-order chi connectivity index (χ0) is 18.1. The minimum atomic E-state index is -0.156. The Kier molecular flexibility index (Phi) is 4.16. The van der Waals surface area contributed by atoms with Gasteiger partial charge in [0.1, 0.15) is 11.9 Å². The zero-order valence-electron chi connectivity index (χ0n) is 14.8. The zero-order valence-corrected chi connectivity index (χ0v) is 14.8. The van der Waals surface area contributed by atoms with Gasteiger partial charge >= 0.3 is 0 Å². The molecule has 1 aromatic carbocycles. The lowest BCUT2D eigenvalue weighted by Gasteiger charge is -2.12. The molecule has 3 heterocycles. The summed E-state index contributed by atoms with van der Waals surface area (Å²) in [6.45, 7) is 4.38. The van der Waals surface area contributed by atoms with Crippen LogP contribution in [0, 0.1) is 13.8 Å². The summed E-state index contributed by atoms with van der Waals surface area (Å²) in [5.41, 5.74) is 3.64. The number of aromatic nitrogens is 3. The third-order valence-electron chi connectivity index (χ3n) is 4.44. The lowest BCUT2D eigenvalue weighted by Crippen LogP contribution is -2.34. The van der Waals surface area contributed by atoms with E-state index in [2.05, 4.69) is 21.5 Å². The highest BCUT2D eigenvalue weighted by Gasteiger charge is 2.22. The van der Waals surface area contributed by atoms with Crippen molar-refractivity contribution in [2.45, 2.75) is 26.4 Å². The Morgan fingerprint density at radius 2 is 2.12 bits per heavy atom. The first-order chi connectivity index (χ1) is 12.6. The van der Waals surface area contributed by atoms with Crippen LogP contribution in [0.4, 0.5) is 0 Å². The van der Waals surface area contributed by atoms with Crippen LogP contribution in [0.1, 0.15) is 27.3 Å². The summed E-state index contributed by atoms with van der Waals surface area (Å²) in [5.74, 6) is 1.45. The maximum absolute atomic E-state index is 12.4. The normalized spacial score (nSPS) is 15.4. The molecule has 1 aliphatic heterocycles. The minimum Gasteiger partial charge on any atom is -0.488 e. The number of nitrogens with zero attached hydrogens (tertiary/aromatic N) is 3. The lowest BCUT2D eigenvalue weighted by molar-refractivity contribution is 0.0933. The third-order valence-corrected chi connectivity index (χ3v) is 4.44. The van der Waals surface area contributed by atoms with Gasteiger partial charge in [-0.15, -0.1) is 0 Å². The molecule has 0 saturated heterocycles. The molecular formula is C20H20N4O2. The van der Waals surface area contributed by atoms with E-state index in [1.54, 1.807) is 23.0 Å². The molecule has 26 heavy (non-hydrogen) atoms. The van der Waals surface area contributed by atoms with Crippen molar-refractivity contribution in [2.24, 2.45) is 0 Å². The fourth-order valence-electron chi connectivity index (χ4n) is 3.18. The number of hydrogen-bond donors (Lipinski definition) is 1. The van der Waals surface area contributed by atoms with E-state index in [1.807, 2.05) is 38.1 Å². The van der Waals surface area contributed by atoms with Crippen LogP contribution in [0.2, 0.25) is 0 Å². The summed E-state index contributed by atoms with van der Waals surface area (Å²) >= 11 is 0. The molecule has 0 saturated carbocycles. The van der Waals surface area contributed by atoms with Crippen LogP contribution in [0.15, 0.2) is 48.7 Å². The second-order valence-corrected chi connectivity index (χ2v) is 6.51. The van der Waals surface area contributed by atoms with Gasteiger partial charge in [0.15, 0.2) is 5.82 Å². The van der Waals surface area contributed by atoms with E-state index in [0.717, 1.165) is 23.6 Å². The molecule has 0 radical (unpaired) electrons. The van der Waals surface area contributed by atoms with Gasteiger partial charge in [-0.3, -0.25) is 4.79 Å². The molecule has 1 N–H and O–H groups in total. The third kappa shape index (κ3) is 3.18. The highest BCUT2D eigenvalue weighted by Crippen LogP contribution is 2.27. The minimum absolute atomic E-state index is 0.0294. The number of aryl methyl sites for hydroxylation is 2. The number of hydrogen-bond acceptors (Lipinski definition) is 4. The molecule has 0 fully saturated rings. The Bertz CT molecular complexity index is 922. The Morgan fingerprint density at radius 3 is 2.81 bits per heavy atom. The summed E-state index contributed by atoms with van der Waals surface area (Å²) < 4.78 is 7.61. The Labute approximate surface area is 151 Å². The van der Waals surface area contributed by atoms with Gasteiger partial charge in [-0.05, 0) is 43.7 Å². The maximum Gasteiger partial charge on any atom is 0.252 e. The van der Waals surface area contributed by atoms with E-state index in [4.69, 9.17) is 4.74 Å². The van der Waals surface area contributed by atoms with Crippen molar-refractivity contribution in [1.29, 1.82) is 0 Å². The maximum atomic E-state index is 12.4. The van der Waals surface area contributed by atoms with Crippen LogP contribution in [0.25, 0.3) is 5.82 Å². The number of pyridine rings is 1. The van der Waals surface area contributed by atoms with E-state index in [1.165, 1.54) is 5.56 Å². The number of fused-ring (bicyclic) bond motifs is 1. The highest BCUT2D eigenvalue weighted by atomic mass is 16.5. The second-order valence-electron chi connectivity index (χ2n) is 6.51. The number of para-hydroxylation sites is 1. The van der Waals surface area contributed by atoms with Gasteiger partial charge in [0.25, 0.3) is 5.91 Å². The van der Waals surface area contributed by atoms with Crippen LogP contribution in [-0.2, 0) is 6.42 Å². The van der Waals surface area contributed by atoms with Crippen molar-refractivity contribution in [2.75, 3.05) is 6.54 Å². The van der Waals surface area contributed by atoms with Crippen molar-refractivity contribution in [3.63, 3.8) is 0 Å². The number of benzene rings is 1. The van der Waals surface area contributed by atoms with E-state index in [0.29, 0.717) is 17.9 Å². The molecule has 6 heteroatoms. The van der Waals surface area contributed by atoms with Crippen LogP contribution in [0.5, 0.6) is 5.75 Å². The van der Waals surface area contributed by atoms with Crippen LogP contribution >= 0.6 is 0 Å². The topological polar surface area (TPSA) is 69.0 Å². The van der Waals surface area contributed by atoms with Gasteiger partial charge in [0.2, 0.25) is 0 Å². The molecule has 1 unspecified atom stereocenters. The number of nitrogens with one attached hydrogen (secondary N) is 1. The molecule has 0 aliphatic carbocycles. The number of amides is 1. The van der Waals surface area contributed by atoms with Crippen LogP contribution in [0.3, 0.4) is 0 Å². The summed E-state index contributed by atoms with van der Waals surface area (Å²) in [4.78, 5) is 16.7. The van der Waals surface area contributed by atoms with Gasteiger partial charge in [-0.25, -0.2) is 9.67 Å². The van der Waals surface area contributed by atoms with Gasteiger partial charge in [0, 0.05) is 18.3 Å². The first kappa shape index (κ1) is 16.3. The molecule has 132 valence electrons. The van der Waals surface area contributed by atoms with E-state index < -0.39 is 0 Å². The van der Waals surface area contributed by atoms with E-state index >= 15 is 0 Å². The van der Waals surface area contributed by atoms with Crippen molar-refractivity contribution < 1.29 is 9.53 Å². The number of carbonyl (C=O) groups is 1. The van der Waals surface area contributed by atoms with Crippen molar-refractivity contribution >= 4 is 5.91 Å². The first-order valence-electron chi connectivity index (χ1n) is 8.62. The SMILES string of the molecule is Cc1cc(C)n(-c2ccc(C(=O)NCC3Cc4ccccc4O3)cn2)n1. The Morgan fingerprint density at radius 1 is 1.27 bits per heavy atom. The van der Waals surface area contributed by atoms with Gasteiger partial charge < -0.3 is 10.1 Å². The lowest BCUT2D eigenvalue weighted by atomic mass is 10.1. The van der Waals surface area contributed by atoms with E-state index in [9.17, 15) is 4.79 Å². The Hall–Kier alpha value is -3.15. The number of rotatable bonds is 4. The van der Waals surface area contributed by atoms with Crippen molar-refractivity contribution in [1.82, 2.24) is 20.1 Å². The monoisotopic (exact) mass is 348 g/mol. The molecule has 3 aromatic rings. The predicted molar refractivity (Wildman–Crippen MR) is 97.7 cm³/mol. The first-order valence-corrected chi connectivity index (χ1v) is 8.62.